The van der Waals surface area contributed by atoms with Crippen molar-refractivity contribution in [2.45, 2.75) is 25.0 Å². The van der Waals surface area contributed by atoms with E-state index in [9.17, 15) is 0 Å². The molecule has 2 aliphatic rings. The second-order valence-corrected chi connectivity index (χ2v) is 4.86. The highest BCUT2D eigenvalue weighted by molar-refractivity contribution is 5.45. The second kappa shape index (κ2) is 5.77. The number of benzene rings is 1. The van der Waals surface area contributed by atoms with Gasteiger partial charge in [-0.1, -0.05) is 6.07 Å². The molecule has 5 heteroatoms. The van der Waals surface area contributed by atoms with Crippen molar-refractivity contribution in [1.29, 1.82) is 0 Å². The Kier molecular flexibility index (Phi) is 3.87. The van der Waals surface area contributed by atoms with Gasteiger partial charge in [0.2, 0.25) is 6.79 Å². The molecular weight excluding hydrogens is 246 g/mol. The molecule has 0 aromatic heterocycles. The molecule has 0 bridgehead atoms. The number of hydrogen-bond donors (Lipinski definition) is 1. The predicted molar refractivity (Wildman–Crippen MR) is 69.3 cm³/mol. The van der Waals surface area contributed by atoms with E-state index in [0.717, 1.165) is 43.1 Å². The van der Waals surface area contributed by atoms with Crippen LogP contribution in [0.25, 0.3) is 0 Å². The van der Waals surface area contributed by atoms with Crippen LogP contribution >= 0.6 is 0 Å². The lowest BCUT2D eigenvalue weighted by atomic mass is 10.1. The minimum atomic E-state index is -0.141. The third-order valence-electron chi connectivity index (χ3n) is 3.50. The molecule has 0 aliphatic carbocycles. The number of ether oxygens (including phenoxy) is 4. The lowest BCUT2D eigenvalue weighted by molar-refractivity contribution is -0.0358. The minimum Gasteiger partial charge on any atom is -0.454 e. The Bertz CT molecular complexity index is 431. The summed E-state index contributed by atoms with van der Waals surface area (Å²) in [6.45, 7) is 2.37. The summed E-state index contributed by atoms with van der Waals surface area (Å²) < 4.78 is 21.8. The lowest BCUT2D eigenvalue weighted by Gasteiger charge is -2.24. The van der Waals surface area contributed by atoms with Gasteiger partial charge in [-0.2, -0.15) is 0 Å². The SMILES string of the molecule is NC(COC1CCOCC1)c1ccc2c(c1)OCO2. The van der Waals surface area contributed by atoms with E-state index in [-0.39, 0.29) is 18.9 Å². The third kappa shape index (κ3) is 3.00. The van der Waals surface area contributed by atoms with E-state index in [1.165, 1.54) is 0 Å². The molecule has 0 spiro atoms. The molecule has 104 valence electrons. The molecular formula is C14H19NO4. The van der Waals surface area contributed by atoms with Crippen LogP contribution in [0.15, 0.2) is 18.2 Å². The van der Waals surface area contributed by atoms with E-state index >= 15 is 0 Å². The highest BCUT2D eigenvalue weighted by Gasteiger charge is 2.18. The molecule has 0 saturated carbocycles. The van der Waals surface area contributed by atoms with E-state index in [1.807, 2.05) is 18.2 Å². The fourth-order valence-electron chi connectivity index (χ4n) is 2.32. The average Bonchev–Trinajstić information content (AvgIpc) is 2.93. The number of rotatable bonds is 4. The van der Waals surface area contributed by atoms with E-state index < -0.39 is 0 Å². The molecule has 1 aromatic carbocycles. The zero-order valence-electron chi connectivity index (χ0n) is 10.8. The van der Waals surface area contributed by atoms with Crippen LogP contribution in [0.1, 0.15) is 24.4 Å². The van der Waals surface area contributed by atoms with Crippen molar-refractivity contribution >= 4 is 0 Å². The van der Waals surface area contributed by atoms with E-state index in [2.05, 4.69) is 0 Å². The summed E-state index contributed by atoms with van der Waals surface area (Å²) in [6, 6.07) is 5.65. The van der Waals surface area contributed by atoms with Crippen molar-refractivity contribution in [2.75, 3.05) is 26.6 Å². The van der Waals surface area contributed by atoms with Gasteiger partial charge in [-0.05, 0) is 30.5 Å². The Hall–Kier alpha value is -1.30. The molecule has 1 aromatic rings. The smallest absolute Gasteiger partial charge is 0.231 e. The molecule has 1 atom stereocenters. The zero-order valence-corrected chi connectivity index (χ0v) is 10.8. The molecule has 1 fully saturated rings. The lowest BCUT2D eigenvalue weighted by Crippen LogP contribution is -2.27. The van der Waals surface area contributed by atoms with Gasteiger partial charge in [0, 0.05) is 13.2 Å². The first-order valence-corrected chi connectivity index (χ1v) is 6.67. The van der Waals surface area contributed by atoms with Gasteiger partial charge in [-0.3, -0.25) is 0 Å². The standard InChI is InChI=1S/C14H19NO4/c15-12(8-17-11-3-5-16-6-4-11)10-1-2-13-14(7-10)19-9-18-13/h1-2,7,11-12H,3-6,8-9,15H2. The fraction of sp³-hybridized carbons (Fsp3) is 0.571. The summed E-state index contributed by atoms with van der Waals surface area (Å²) in [6.07, 6.45) is 2.18. The average molecular weight is 265 g/mol. The van der Waals surface area contributed by atoms with Crippen LogP contribution in [0.5, 0.6) is 11.5 Å². The Balaban J connectivity index is 1.56. The number of fused-ring (bicyclic) bond motifs is 1. The predicted octanol–water partition coefficient (Wildman–Crippen LogP) is 1.61. The first-order chi connectivity index (χ1) is 9.33. The fourth-order valence-corrected chi connectivity index (χ4v) is 2.32. The van der Waals surface area contributed by atoms with Crippen molar-refractivity contribution in [2.24, 2.45) is 5.73 Å². The van der Waals surface area contributed by atoms with Crippen LogP contribution in [0, 0.1) is 0 Å². The van der Waals surface area contributed by atoms with Gasteiger partial charge in [0.05, 0.1) is 18.8 Å². The second-order valence-electron chi connectivity index (χ2n) is 4.86. The number of nitrogens with two attached hydrogens (primary N) is 1. The van der Waals surface area contributed by atoms with Gasteiger partial charge in [0.25, 0.3) is 0 Å². The molecule has 19 heavy (non-hydrogen) atoms. The maximum absolute atomic E-state index is 6.15. The molecule has 1 saturated heterocycles. The van der Waals surface area contributed by atoms with Gasteiger partial charge in [0.15, 0.2) is 11.5 Å². The zero-order chi connectivity index (χ0) is 13.1. The van der Waals surface area contributed by atoms with E-state index in [4.69, 9.17) is 24.7 Å². The quantitative estimate of drug-likeness (QED) is 0.896. The highest BCUT2D eigenvalue weighted by Crippen LogP contribution is 2.33. The van der Waals surface area contributed by atoms with Gasteiger partial charge >= 0.3 is 0 Å². The highest BCUT2D eigenvalue weighted by atomic mass is 16.7. The maximum atomic E-state index is 6.15. The summed E-state index contributed by atoms with van der Waals surface area (Å²) in [4.78, 5) is 0. The van der Waals surface area contributed by atoms with Crippen LogP contribution in [-0.2, 0) is 9.47 Å². The molecule has 1 unspecified atom stereocenters. The first kappa shape index (κ1) is 12.7. The van der Waals surface area contributed by atoms with Crippen LogP contribution < -0.4 is 15.2 Å². The molecule has 2 aliphatic heterocycles. The van der Waals surface area contributed by atoms with Crippen molar-refractivity contribution in [3.05, 3.63) is 23.8 Å². The summed E-state index contributed by atoms with van der Waals surface area (Å²) in [5.74, 6) is 1.54. The van der Waals surface area contributed by atoms with E-state index in [1.54, 1.807) is 0 Å². The van der Waals surface area contributed by atoms with Gasteiger partial charge < -0.3 is 24.7 Å². The Morgan fingerprint density at radius 3 is 2.84 bits per heavy atom. The summed E-state index contributed by atoms with van der Waals surface area (Å²) in [5.41, 5.74) is 7.16. The molecule has 5 nitrogen and oxygen atoms in total. The van der Waals surface area contributed by atoms with Crippen LogP contribution in [0.3, 0.4) is 0 Å². The van der Waals surface area contributed by atoms with Gasteiger partial charge in [-0.15, -0.1) is 0 Å². The van der Waals surface area contributed by atoms with Gasteiger partial charge in [0.1, 0.15) is 0 Å². The molecule has 3 rings (SSSR count). The normalized spacial score (nSPS) is 20.5. The van der Waals surface area contributed by atoms with E-state index in [0.29, 0.717) is 6.61 Å². The van der Waals surface area contributed by atoms with Crippen LogP contribution in [0.4, 0.5) is 0 Å². The third-order valence-corrected chi connectivity index (χ3v) is 3.50. The monoisotopic (exact) mass is 265 g/mol. The Labute approximate surface area is 112 Å². The first-order valence-electron chi connectivity index (χ1n) is 6.67. The van der Waals surface area contributed by atoms with Crippen molar-refractivity contribution in [3.63, 3.8) is 0 Å². The molecule has 0 amide bonds. The Morgan fingerprint density at radius 1 is 1.21 bits per heavy atom. The van der Waals surface area contributed by atoms with Crippen LogP contribution in [0.2, 0.25) is 0 Å². The topological polar surface area (TPSA) is 62.9 Å². The summed E-state index contributed by atoms with van der Waals surface area (Å²) in [7, 11) is 0. The van der Waals surface area contributed by atoms with Crippen molar-refractivity contribution < 1.29 is 18.9 Å². The summed E-state index contributed by atoms with van der Waals surface area (Å²) in [5, 5.41) is 0. The number of hydrogen-bond acceptors (Lipinski definition) is 5. The van der Waals surface area contributed by atoms with Crippen molar-refractivity contribution in [3.8, 4) is 11.5 Å². The molecule has 2 N–H and O–H groups in total. The largest absolute Gasteiger partial charge is 0.454 e. The molecule has 2 heterocycles. The Morgan fingerprint density at radius 2 is 2.00 bits per heavy atom. The van der Waals surface area contributed by atoms with Gasteiger partial charge in [-0.25, -0.2) is 0 Å². The maximum Gasteiger partial charge on any atom is 0.231 e. The summed E-state index contributed by atoms with van der Waals surface area (Å²) >= 11 is 0. The minimum absolute atomic E-state index is 0.141. The van der Waals surface area contributed by atoms with Crippen molar-refractivity contribution in [1.82, 2.24) is 0 Å². The van der Waals surface area contributed by atoms with Crippen LogP contribution in [-0.4, -0.2) is 32.7 Å². The molecule has 0 radical (unpaired) electrons.